The SMILES string of the molecule is COC(=O)c1cc(OC(=O)c2ccccc2)c(OC(=O)c2ccccc2)c(OC(=O)c2ccccc2)c1-c1ccc(OC(=O)c2ccccc2)c(OC(=O)c2ccccc2)c1OC(=O)c1ccccc1. The summed E-state index contributed by atoms with van der Waals surface area (Å²) < 4.78 is 41.3. The van der Waals surface area contributed by atoms with Gasteiger partial charge in [-0.15, -0.1) is 0 Å². The Morgan fingerprint density at radius 3 is 0.914 bits per heavy atom. The van der Waals surface area contributed by atoms with Crippen molar-refractivity contribution >= 4 is 41.8 Å². The molecule has 0 aliphatic heterocycles. The lowest BCUT2D eigenvalue weighted by molar-refractivity contribution is 0.0593. The molecule has 0 aliphatic carbocycles. The van der Waals surface area contributed by atoms with Gasteiger partial charge < -0.3 is 33.2 Å². The number of carbonyl (C=O) groups is 7. The van der Waals surface area contributed by atoms with Crippen LogP contribution in [0.25, 0.3) is 11.1 Å². The molecule has 0 heterocycles. The Bertz CT molecular complexity index is 3230. The Labute approximate surface area is 399 Å². The van der Waals surface area contributed by atoms with Gasteiger partial charge in [-0.2, -0.15) is 0 Å². The minimum absolute atomic E-state index is 0.000980. The lowest BCUT2D eigenvalue weighted by Crippen LogP contribution is -2.19. The van der Waals surface area contributed by atoms with E-state index in [9.17, 15) is 33.6 Å². The molecular weight excluding hydrogens is 897 g/mol. The van der Waals surface area contributed by atoms with Crippen molar-refractivity contribution < 1.29 is 66.7 Å². The van der Waals surface area contributed by atoms with Gasteiger partial charge in [-0.25, -0.2) is 33.6 Å². The van der Waals surface area contributed by atoms with Gasteiger partial charge in [-0.3, -0.25) is 0 Å². The molecule has 0 radical (unpaired) electrons. The number of benzene rings is 8. The van der Waals surface area contributed by atoms with Gasteiger partial charge in [-0.05, 0) is 84.9 Å². The van der Waals surface area contributed by atoms with E-state index < -0.39 is 87.4 Å². The molecule has 8 aromatic carbocycles. The van der Waals surface area contributed by atoms with Crippen LogP contribution in [0.4, 0.5) is 0 Å². The molecular formula is C56H36O14. The number of methoxy groups -OCH3 is 1. The summed E-state index contributed by atoms with van der Waals surface area (Å²) in [5, 5.41) is 0. The van der Waals surface area contributed by atoms with Crippen molar-refractivity contribution in [2.24, 2.45) is 0 Å². The van der Waals surface area contributed by atoms with Gasteiger partial charge in [0.1, 0.15) is 0 Å². The topological polar surface area (TPSA) is 184 Å². The Morgan fingerprint density at radius 2 is 0.571 bits per heavy atom. The van der Waals surface area contributed by atoms with Crippen molar-refractivity contribution in [3.63, 3.8) is 0 Å². The standard InChI is InChI=1S/C56H36O14/c1-64-56(63)42-34-44(66-51(58)36-22-10-3-11-23-36)48(69-54(61)39-28-16-6-17-29-39)49(70-55(62)40-30-18-7-19-31-40)45(42)41-32-33-43(65-50(57)35-20-8-2-9-21-35)47(68-53(60)38-26-14-5-15-27-38)46(41)67-52(59)37-24-12-4-13-25-37/h2-34H,1H3. The molecule has 0 amide bonds. The van der Waals surface area contributed by atoms with E-state index in [-0.39, 0.29) is 38.9 Å². The van der Waals surface area contributed by atoms with Gasteiger partial charge in [0.25, 0.3) is 0 Å². The van der Waals surface area contributed by atoms with Crippen LogP contribution in [0, 0.1) is 0 Å². The average molecular weight is 933 g/mol. The molecule has 0 spiro atoms. The zero-order chi connectivity index (χ0) is 49.0. The molecule has 8 rings (SSSR count). The number of hydrogen-bond donors (Lipinski definition) is 0. The molecule has 0 atom stereocenters. The Morgan fingerprint density at radius 1 is 0.286 bits per heavy atom. The van der Waals surface area contributed by atoms with Gasteiger partial charge in [0, 0.05) is 17.2 Å². The van der Waals surface area contributed by atoms with Gasteiger partial charge in [0.15, 0.2) is 23.0 Å². The van der Waals surface area contributed by atoms with Crippen LogP contribution in [-0.2, 0) is 4.74 Å². The van der Waals surface area contributed by atoms with Crippen LogP contribution < -0.4 is 28.4 Å². The number of rotatable bonds is 14. The molecule has 0 aliphatic rings. The van der Waals surface area contributed by atoms with E-state index in [1.54, 1.807) is 109 Å². The van der Waals surface area contributed by atoms with Gasteiger partial charge in [0.2, 0.25) is 11.5 Å². The van der Waals surface area contributed by atoms with E-state index in [2.05, 4.69) is 0 Å². The zero-order valence-corrected chi connectivity index (χ0v) is 36.8. The molecule has 14 nitrogen and oxygen atoms in total. The normalized spacial score (nSPS) is 10.5. The highest BCUT2D eigenvalue weighted by Gasteiger charge is 2.36. The lowest BCUT2D eigenvalue weighted by atomic mass is 9.95. The van der Waals surface area contributed by atoms with Crippen LogP contribution in [-0.4, -0.2) is 48.9 Å². The highest BCUT2D eigenvalue weighted by Crippen LogP contribution is 2.54. The number of esters is 7. The molecule has 8 aromatic rings. The van der Waals surface area contributed by atoms with Crippen LogP contribution in [0.15, 0.2) is 200 Å². The third-order valence-electron chi connectivity index (χ3n) is 10.2. The van der Waals surface area contributed by atoms with Crippen molar-refractivity contribution in [1.29, 1.82) is 0 Å². The second-order valence-electron chi connectivity index (χ2n) is 14.7. The van der Waals surface area contributed by atoms with Crippen molar-refractivity contribution in [2.75, 3.05) is 7.11 Å². The molecule has 14 heteroatoms. The minimum atomic E-state index is -1.15. The fraction of sp³-hybridized carbons (Fsp3) is 0.0179. The quantitative estimate of drug-likeness (QED) is 0.0741. The maximum Gasteiger partial charge on any atom is 0.343 e. The number of hydrogen-bond acceptors (Lipinski definition) is 14. The minimum Gasteiger partial charge on any atom is -0.465 e. The predicted molar refractivity (Wildman–Crippen MR) is 252 cm³/mol. The molecule has 0 saturated carbocycles. The fourth-order valence-electron chi connectivity index (χ4n) is 6.81. The highest BCUT2D eigenvalue weighted by molar-refractivity contribution is 6.07. The van der Waals surface area contributed by atoms with Crippen molar-refractivity contribution in [3.8, 4) is 45.6 Å². The van der Waals surface area contributed by atoms with Crippen molar-refractivity contribution in [1.82, 2.24) is 0 Å². The average Bonchev–Trinajstić information content (AvgIpc) is 3.41. The van der Waals surface area contributed by atoms with Gasteiger partial charge >= 0.3 is 41.8 Å². The van der Waals surface area contributed by atoms with E-state index in [0.29, 0.717) is 0 Å². The maximum atomic E-state index is 14.3. The van der Waals surface area contributed by atoms with Crippen molar-refractivity contribution in [3.05, 3.63) is 239 Å². The van der Waals surface area contributed by atoms with Crippen LogP contribution in [0.5, 0.6) is 34.5 Å². The predicted octanol–water partition coefficient (Wildman–Crippen LogP) is 10.5. The third kappa shape index (κ3) is 10.7. The first-order valence-electron chi connectivity index (χ1n) is 21.2. The van der Waals surface area contributed by atoms with Gasteiger partial charge in [0.05, 0.1) is 46.1 Å². The molecule has 0 bridgehead atoms. The fourth-order valence-corrected chi connectivity index (χ4v) is 6.81. The largest absolute Gasteiger partial charge is 0.465 e. The summed E-state index contributed by atoms with van der Waals surface area (Å²) in [6.45, 7) is 0. The van der Waals surface area contributed by atoms with E-state index in [0.717, 1.165) is 13.2 Å². The second kappa shape index (κ2) is 21.6. The summed E-state index contributed by atoms with van der Waals surface area (Å²) in [6.07, 6.45) is 0. The van der Waals surface area contributed by atoms with Crippen molar-refractivity contribution in [2.45, 2.75) is 0 Å². The highest BCUT2D eigenvalue weighted by atomic mass is 16.6. The molecule has 0 saturated heterocycles. The summed E-state index contributed by atoms with van der Waals surface area (Å²) in [7, 11) is 1.04. The zero-order valence-electron chi connectivity index (χ0n) is 36.8. The summed E-state index contributed by atoms with van der Waals surface area (Å²) in [6, 6.07) is 49.5. The lowest BCUT2D eigenvalue weighted by Gasteiger charge is -2.23. The summed E-state index contributed by atoms with van der Waals surface area (Å²) in [5.41, 5.74) is -1.28. The first kappa shape index (κ1) is 46.6. The van der Waals surface area contributed by atoms with E-state index >= 15 is 0 Å². The molecule has 0 unspecified atom stereocenters. The number of carbonyl (C=O) groups excluding carboxylic acids is 7. The smallest absolute Gasteiger partial charge is 0.343 e. The molecule has 344 valence electrons. The Kier molecular flexibility index (Phi) is 14.4. The third-order valence-corrected chi connectivity index (χ3v) is 10.2. The summed E-state index contributed by atoms with van der Waals surface area (Å²) in [4.78, 5) is 98.7. The van der Waals surface area contributed by atoms with E-state index in [1.165, 1.54) is 84.9 Å². The molecule has 0 fully saturated rings. The van der Waals surface area contributed by atoms with E-state index in [4.69, 9.17) is 33.2 Å². The van der Waals surface area contributed by atoms with Crippen LogP contribution in [0.1, 0.15) is 72.5 Å². The molecule has 0 N–H and O–H groups in total. The van der Waals surface area contributed by atoms with Crippen LogP contribution in [0.3, 0.4) is 0 Å². The Balaban J connectivity index is 1.46. The molecule has 0 aromatic heterocycles. The van der Waals surface area contributed by atoms with Crippen LogP contribution >= 0.6 is 0 Å². The van der Waals surface area contributed by atoms with Gasteiger partial charge in [-0.1, -0.05) is 109 Å². The summed E-state index contributed by atoms with van der Waals surface area (Å²) in [5.74, 6) is -11.1. The number of ether oxygens (including phenoxy) is 7. The van der Waals surface area contributed by atoms with Crippen LogP contribution in [0.2, 0.25) is 0 Å². The summed E-state index contributed by atoms with van der Waals surface area (Å²) >= 11 is 0. The Hall–Kier alpha value is -9.95. The first-order valence-corrected chi connectivity index (χ1v) is 21.2. The maximum absolute atomic E-state index is 14.3. The first-order chi connectivity index (χ1) is 34.1. The molecule has 70 heavy (non-hydrogen) atoms. The van der Waals surface area contributed by atoms with E-state index in [1.807, 2.05) is 0 Å². The second-order valence-corrected chi connectivity index (χ2v) is 14.7. The monoisotopic (exact) mass is 932 g/mol.